The molecule has 10 nitrogen and oxygen atoms in total. The minimum Gasteiger partial charge on any atom is -0.463 e. The van der Waals surface area contributed by atoms with Crippen LogP contribution in [0.1, 0.15) is 15.9 Å². The number of halogens is 2. The van der Waals surface area contributed by atoms with Gasteiger partial charge in [0.2, 0.25) is 0 Å². The Morgan fingerprint density at radius 3 is 2.33 bits per heavy atom. The van der Waals surface area contributed by atoms with E-state index < -0.39 is 29.2 Å². The zero-order valence-corrected chi connectivity index (χ0v) is 24.9. The second kappa shape index (κ2) is 13.6. The first-order chi connectivity index (χ1) is 20.7. The molecule has 43 heavy (non-hydrogen) atoms. The second-order valence-electron chi connectivity index (χ2n) is 10.1. The van der Waals surface area contributed by atoms with Crippen LogP contribution in [-0.4, -0.2) is 71.4 Å². The minimum atomic E-state index is -1.06. The number of para-hydroxylation sites is 1. The molecule has 1 aromatic heterocycles. The minimum absolute atomic E-state index is 0.0545. The largest absolute Gasteiger partial charge is 0.463 e. The number of fused-ring (bicyclic) bond motifs is 1. The highest BCUT2D eigenvalue weighted by atomic mass is 35.5. The van der Waals surface area contributed by atoms with Crippen LogP contribution in [0.25, 0.3) is 16.6 Å². The van der Waals surface area contributed by atoms with Gasteiger partial charge in [0, 0.05) is 33.1 Å². The number of rotatable bonds is 9. The van der Waals surface area contributed by atoms with Crippen molar-refractivity contribution in [2.24, 2.45) is 7.05 Å². The Bertz CT molecular complexity index is 1740. The Morgan fingerprint density at radius 1 is 0.953 bits per heavy atom. The SMILES string of the molecule is Cn1c(=O)n(-c2ccc(C[C@H](NC(=O)c3c(Cl)cccc3Cl)C(=O)OCCN3CCOCC3)cc2)c(=O)c2ccccc21. The molecule has 5 rings (SSSR count). The number of amides is 1. The van der Waals surface area contributed by atoms with Gasteiger partial charge < -0.3 is 14.8 Å². The maximum atomic E-state index is 13.2. The monoisotopic (exact) mass is 624 g/mol. The summed E-state index contributed by atoms with van der Waals surface area (Å²) in [6.45, 7) is 3.43. The van der Waals surface area contributed by atoms with Gasteiger partial charge in [-0.05, 0) is 42.0 Å². The third-order valence-electron chi connectivity index (χ3n) is 7.35. The molecule has 1 saturated heterocycles. The quantitative estimate of drug-likeness (QED) is 0.285. The summed E-state index contributed by atoms with van der Waals surface area (Å²) < 4.78 is 13.4. The summed E-state index contributed by atoms with van der Waals surface area (Å²) in [6, 6.07) is 17.2. The lowest BCUT2D eigenvalue weighted by atomic mass is 10.0. The van der Waals surface area contributed by atoms with Gasteiger partial charge in [0.05, 0.1) is 45.4 Å². The highest BCUT2D eigenvalue weighted by Crippen LogP contribution is 2.24. The van der Waals surface area contributed by atoms with Crippen LogP contribution in [0.5, 0.6) is 0 Å². The van der Waals surface area contributed by atoms with E-state index in [0.717, 1.165) is 17.7 Å². The van der Waals surface area contributed by atoms with Gasteiger partial charge in [0.1, 0.15) is 12.6 Å². The zero-order valence-electron chi connectivity index (χ0n) is 23.4. The highest BCUT2D eigenvalue weighted by Gasteiger charge is 2.26. The summed E-state index contributed by atoms with van der Waals surface area (Å²) >= 11 is 12.5. The fraction of sp³-hybridized carbons (Fsp3) is 0.290. The molecule has 4 aromatic rings. The van der Waals surface area contributed by atoms with Gasteiger partial charge in [-0.3, -0.25) is 19.1 Å². The number of hydrogen-bond acceptors (Lipinski definition) is 7. The van der Waals surface area contributed by atoms with Gasteiger partial charge >= 0.3 is 11.7 Å². The molecule has 1 aliphatic heterocycles. The number of aromatic nitrogens is 2. The summed E-state index contributed by atoms with van der Waals surface area (Å²) in [6.07, 6.45) is 0.0785. The summed E-state index contributed by atoms with van der Waals surface area (Å²) in [7, 11) is 1.61. The van der Waals surface area contributed by atoms with Gasteiger partial charge in [-0.2, -0.15) is 0 Å². The van der Waals surface area contributed by atoms with Gasteiger partial charge in [0.25, 0.3) is 11.5 Å². The molecular weight excluding hydrogens is 595 g/mol. The van der Waals surface area contributed by atoms with Crippen molar-refractivity contribution in [3.05, 3.63) is 109 Å². The highest BCUT2D eigenvalue weighted by molar-refractivity contribution is 6.39. The lowest BCUT2D eigenvalue weighted by molar-refractivity contribution is -0.146. The number of ether oxygens (including phenoxy) is 2. The van der Waals surface area contributed by atoms with Crippen LogP contribution >= 0.6 is 23.2 Å². The van der Waals surface area contributed by atoms with Crippen molar-refractivity contribution in [2.45, 2.75) is 12.5 Å². The number of morpholine rings is 1. The van der Waals surface area contributed by atoms with Crippen molar-refractivity contribution in [1.82, 2.24) is 19.4 Å². The van der Waals surface area contributed by atoms with E-state index in [1.54, 1.807) is 61.6 Å². The Labute approximate surface area is 257 Å². The van der Waals surface area contributed by atoms with Crippen LogP contribution in [0.3, 0.4) is 0 Å². The second-order valence-corrected chi connectivity index (χ2v) is 10.9. The van der Waals surface area contributed by atoms with E-state index in [-0.39, 0.29) is 28.6 Å². The number of nitrogens with zero attached hydrogens (tertiary/aromatic N) is 3. The van der Waals surface area contributed by atoms with E-state index >= 15 is 0 Å². The van der Waals surface area contributed by atoms with E-state index in [4.69, 9.17) is 32.7 Å². The third kappa shape index (κ3) is 6.83. The normalized spacial score (nSPS) is 14.4. The fourth-order valence-electron chi connectivity index (χ4n) is 4.99. The molecule has 0 unspecified atom stereocenters. The number of carbonyl (C=O) groups is 2. The topological polar surface area (TPSA) is 112 Å². The maximum absolute atomic E-state index is 13.2. The average Bonchev–Trinajstić information content (AvgIpc) is 3.01. The first kappa shape index (κ1) is 30.5. The smallest absolute Gasteiger partial charge is 0.335 e. The van der Waals surface area contributed by atoms with E-state index in [9.17, 15) is 19.2 Å². The lowest BCUT2D eigenvalue weighted by Gasteiger charge is -2.26. The summed E-state index contributed by atoms with van der Waals surface area (Å²) in [4.78, 5) is 54.8. The molecule has 0 bridgehead atoms. The van der Waals surface area contributed by atoms with Crippen molar-refractivity contribution in [3.63, 3.8) is 0 Å². The Kier molecular flexibility index (Phi) is 9.62. The molecular formula is C31H30Cl2N4O6. The standard InChI is InChI=1S/C31H30Cl2N4O6/c1-35-26-8-3-2-5-22(26)29(39)37(31(35)41)21-11-9-20(10-12-21)19-25(30(40)43-18-15-36-13-16-42-17-14-36)34-28(38)27-23(32)6-4-7-24(27)33/h2-12,25H,13-19H2,1H3,(H,34,38)/t25-/m0/s1. The summed E-state index contributed by atoms with van der Waals surface area (Å²) in [5, 5.41) is 3.43. The Morgan fingerprint density at radius 2 is 1.63 bits per heavy atom. The number of benzene rings is 3. The molecule has 1 aliphatic rings. The third-order valence-corrected chi connectivity index (χ3v) is 7.98. The van der Waals surface area contributed by atoms with Gasteiger partial charge in [-0.1, -0.05) is 53.5 Å². The average molecular weight is 626 g/mol. The zero-order chi connectivity index (χ0) is 30.5. The maximum Gasteiger partial charge on any atom is 0.335 e. The molecule has 0 radical (unpaired) electrons. The first-order valence-corrected chi connectivity index (χ1v) is 14.5. The molecule has 12 heteroatoms. The molecule has 2 heterocycles. The molecule has 224 valence electrons. The van der Waals surface area contributed by atoms with Crippen LogP contribution in [0.15, 0.2) is 76.3 Å². The number of nitrogens with one attached hydrogen (secondary N) is 1. The molecule has 3 aromatic carbocycles. The Hall–Kier alpha value is -3.96. The van der Waals surface area contributed by atoms with Crippen molar-refractivity contribution in [1.29, 1.82) is 0 Å². The molecule has 0 aliphatic carbocycles. The van der Waals surface area contributed by atoms with Crippen molar-refractivity contribution in [3.8, 4) is 5.69 Å². The van der Waals surface area contributed by atoms with Crippen molar-refractivity contribution in [2.75, 3.05) is 39.5 Å². The van der Waals surface area contributed by atoms with Crippen LogP contribution in [0.2, 0.25) is 10.0 Å². The predicted molar refractivity (Wildman–Crippen MR) is 164 cm³/mol. The van der Waals surface area contributed by atoms with Crippen molar-refractivity contribution < 1.29 is 19.1 Å². The number of carbonyl (C=O) groups excluding carboxylic acids is 2. The summed E-state index contributed by atoms with van der Waals surface area (Å²) in [5.74, 6) is -1.23. The van der Waals surface area contributed by atoms with Gasteiger partial charge in [-0.15, -0.1) is 0 Å². The molecule has 1 fully saturated rings. The first-order valence-electron chi connectivity index (χ1n) is 13.8. The van der Waals surface area contributed by atoms with E-state index in [0.29, 0.717) is 41.9 Å². The molecule has 0 saturated carbocycles. The van der Waals surface area contributed by atoms with E-state index in [2.05, 4.69) is 10.2 Å². The van der Waals surface area contributed by atoms with Crippen LogP contribution in [0, 0.1) is 0 Å². The number of esters is 1. The molecule has 1 atom stereocenters. The fourth-order valence-corrected chi connectivity index (χ4v) is 5.56. The molecule has 1 N–H and O–H groups in total. The van der Waals surface area contributed by atoms with E-state index in [1.807, 2.05) is 0 Å². The molecule has 0 spiro atoms. The van der Waals surface area contributed by atoms with Crippen molar-refractivity contribution >= 4 is 46.0 Å². The summed E-state index contributed by atoms with van der Waals surface area (Å²) in [5.41, 5.74) is 0.708. The van der Waals surface area contributed by atoms with Crippen LogP contribution < -0.4 is 16.6 Å². The lowest BCUT2D eigenvalue weighted by Crippen LogP contribution is -2.44. The molecule has 1 amide bonds. The van der Waals surface area contributed by atoms with Gasteiger partial charge in [-0.25, -0.2) is 14.2 Å². The Balaban J connectivity index is 1.37. The number of hydrogen-bond donors (Lipinski definition) is 1. The van der Waals surface area contributed by atoms with Crippen LogP contribution in [-0.2, 0) is 27.7 Å². The number of aryl methyl sites for hydroxylation is 1. The van der Waals surface area contributed by atoms with Crippen LogP contribution in [0.4, 0.5) is 0 Å². The predicted octanol–water partition coefficient (Wildman–Crippen LogP) is 3.21. The van der Waals surface area contributed by atoms with Gasteiger partial charge in [0.15, 0.2) is 0 Å². The van der Waals surface area contributed by atoms with E-state index in [1.165, 1.54) is 16.7 Å².